The number of hydrogen-bond acceptors (Lipinski definition) is 2. The number of hydrogen-bond donors (Lipinski definition) is 1. The zero-order valence-corrected chi connectivity index (χ0v) is 9.63. The van der Waals surface area contributed by atoms with Crippen LogP contribution in [0.5, 0.6) is 0 Å². The fourth-order valence-corrected chi connectivity index (χ4v) is 2.68. The van der Waals surface area contributed by atoms with Crippen LogP contribution in [-0.4, -0.2) is 37.1 Å². The molecule has 2 fully saturated rings. The van der Waals surface area contributed by atoms with Gasteiger partial charge in [-0.3, -0.25) is 0 Å². The quantitative estimate of drug-likeness (QED) is 0.741. The van der Waals surface area contributed by atoms with Gasteiger partial charge in [0.05, 0.1) is 0 Å². The Morgan fingerprint density at radius 3 is 2.64 bits per heavy atom. The molecule has 1 N–H and O–H groups in total. The summed E-state index contributed by atoms with van der Waals surface area (Å²) in [4.78, 5) is 2.57. The average Bonchev–Trinajstić information content (AvgIpc) is 1.99. The lowest BCUT2D eigenvalue weighted by molar-refractivity contribution is 0.132. The van der Waals surface area contributed by atoms with E-state index in [4.69, 9.17) is 0 Å². The third-order valence-electron chi connectivity index (χ3n) is 3.96. The summed E-state index contributed by atoms with van der Waals surface area (Å²) < 4.78 is 0. The lowest BCUT2D eigenvalue weighted by Gasteiger charge is -2.38. The molecule has 0 radical (unpaired) electrons. The Labute approximate surface area is 88.1 Å². The molecule has 1 heterocycles. The molecule has 0 spiro atoms. The monoisotopic (exact) mass is 196 g/mol. The second kappa shape index (κ2) is 4.63. The second-order valence-electron chi connectivity index (χ2n) is 5.30. The molecule has 14 heavy (non-hydrogen) atoms. The zero-order chi connectivity index (χ0) is 9.97. The molecule has 0 aromatic carbocycles. The highest BCUT2D eigenvalue weighted by atomic mass is 15.2. The summed E-state index contributed by atoms with van der Waals surface area (Å²) in [5.41, 5.74) is 0. The van der Waals surface area contributed by atoms with Crippen molar-refractivity contribution in [3.05, 3.63) is 0 Å². The van der Waals surface area contributed by atoms with Crippen LogP contribution in [0, 0.1) is 5.92 Å². The van der Waals surface area contributed by atoms with Gasteiger partial charge in [-0.1, -0.05) is 13.3 Å². The van der Waals surface area contributed by atoms with E-state index < -0.39 is 0 Å². The highest BCUT2D eigenvalue weighted by Crippen LogP contribution is 2.24. The first-order chi connectivity index (χ1) is 6.75. The number of nitrogens with zero attached hydrogens (tertiary/aromatic N) is 1. The Bertz CT molecular complexity index is 177. The van der Waals surface area contributed by atoms with Gasteiger partial charge in [0.1, 0.15) is 0 Å². The van der Waals surface area contributed by atoms with Crippen molar-refractivity contribution in [2.45, 2.75) is 51.1 Å². The first-order valence-corrected chi connectivity index (χ1v) is 6.19. The van der Waals surface area contributed by atoms with Gasteiger partial charge in [-0.2, -0.15) is 0 Å². The van der Waals surface area contributed by atoms with Crippen LogP contribution < -0.4 is 5.32 Å². The van der Waals surface area contributed by atoms with Crippen molar-refractivity contribution < 1.29 is 0 Å². The molecule has 0 bridgehead atoms. The zero-order valence-electron chi connectivity index (χ0n) is 9.63. The number of nitrogens with one attached hydrogen (secondary N) is 1. The Hall–Kier alpha value is -0.0800. The summed E-state index contributed by atoms with van der Waals surface area (Å²) in [6.07, 6.45) is 7.04. The molecule has 0 amide bonds. The average molecular weight is 196 g/mol. The SMILES string of the molecule is CC1CCNC(CN(C)C2CCC2)C1. The minimum absolute atomic E-state index is 0.754. The van der Waals surface area contributed by atoms with Crippen LogP contribution in [0.25, 0.3) is 0 Å². The van der Waals surface area contributed by atoms with Gasteiger partial charge in [0.2, 0.25) is 0 Å². The number of rotatable bonds is 3. The molecule has 1 saturated heterocycles. The summed E-state index contributed by atoms with van der Waals surface area (Å²) in [6.45, 7) is 4.87. The van der Waals surface area contributed by atoms with Crippen molar-refractivity contribution in [2.75, 3.05) is 20.1 Å². The van der Waals surface area contributed by atoms with E-state index in [0.717, 1.165) is 18.0 Å². The summed E-state index contributed by atoms with van der Waals surface area (Å²) in [5, 5.41) is 3.64. The Morgan fingerprint density at radius 1 is 1.29 bits per heavy atom. The van der Waals surface area contributed by atoms with Crippen molar-refractivity contribution in [1.82, 2.24) is 10.2 Å². The van der Waals surface area contributed by atoms with E-state index in [-0.39, 0.29) is 0 Å². The predicted octanol–water partition coefficient (Wildman–Crippen LogP) is 1.86. The normalized spacial score (nSPS) is 34.5. The van der Waals surface area contributed by atoms with Crippen molar-refractivity contribution in [1.29, 1.82) is 0 Å². The molecule has 2 heteroatoms. The Kier molecular flexibility index (Phi) is 3.45. The van der Waals surface area contributed by atoms with E-state index in [0.29, 0.717) is 0 Å². The number of piperidine rings is 1. The van der Waals surface area contributed by atoms with Gasteiger partial charge in [0.25, 0.3) is 0 Å². The third kappa shape index (κ3) is 2.48. The topological polar surface area (TPSA) is 15.3 Å². The highest BCUT2D eigenvalue weighted by molar-refractivity contribution is 4.83. The van der Waals surface area contributed by atoms with Crippen LogP contribution in [0.4, 0.5) is 0 Å². The summed E-state index contributed by atoms with van der Waals surface area (Å²) in [7, 11) is 2.30. The molecule has 0 aromatic heterocycles. The fourth-order valence-electron chi connectivity index (χ4n) is 2.68. The van der Waals surface area contributed by atoms with Gasteiger partial charge in [0, 0.05) is 18.6 Å². The molecule has 1 aliphatic carbocycles. The fraction of sp³-hybridized carbons (Fsp3) is 1.00. The molecule has 2 aliphatic rings. The van der Waals surface area contributed by atoms with Gasteiger partial charge in [0.15, 0.2) is 0 Å². The van der Waals surface area contributed by atoms with Gasteiger partial charge < -0.3 is 10.2 Å². The van der Waals surface area contributed by atoms with Crippen molar-refractivity contribution >= 4 is 0 Å². The van der Waals surface area contributed by atoms with Gasteiger partial charge in [-0.15, -0.1) is 0 Å². The predicted molar refractivity (Wildman–Crippen MR) is 60.5 cm³/mol. The maximum Gasteiger partial charge on any atom is 0.0197 e. The van der Waals surface area contributed by atoms with E-state index >= 15 is 0 Å². The van der Waals surface area contributed by atoms with E-state index in [1.807, 2.05) is 0 Å². The summed E-state index contributed by atoms with van der Waals surface area (Å²) in [5.74, 6) is 0.927. The van der Waals surface area contributed by atoms with Crippen LogP contribution in [0.15, 0.2) is 0 Å². The lowest BCUT2D eigenvalue weighted by atomic mass is 9.90. The molecule has 1 aliphatic heterocycles. The van der Waals surface area contributed by atoms with E-state index in [1.54, 1.807) is 0 Å². The molecular formula is C12H24N2. The van der Waals surface area contributed by atoms with E-state index in [9.17, 15) is 0 Å². The third-order valence-corrected chi connectivity index (χ3v) is 3.96. The lowest BCUT2D eigenvalue weighted by Crippen LogP contribution is -2.48. The number of likely N-dealkylation sites (N-methyl/N-ethyl adjacent to an activating group) is 1. The molecular weight excluding hydrogens is 172 g/mol. The molecule has 2 nitrogen and oxygen atoms in total. The minimum atomic E-state index is 0.754. The molecule has 82 valence electrons. The van der Waals surface area contributed by atoms with E-state index in [1.165, 1.54) is 45.2 Å². The molecule has 2 atom stereocenters. The maximum absolute atomic E-state index is 3.64. The standard InChI is InChI=1S/C12H24N2/c1-10-6-7-13-11(8-10)9-14(2)12-4-3-5-12/h10-13H,3-9H2,1-2H3. The van der Waals surface area contributed by atoms with Crippen LogP contribution in [0.3, 0.4) is 0 Å². The summed E-state index contributed by atoms with van der Waals surface area (Å²) in [6, 6.07) is 1.65. The minimum Gasteiger partial charge on any atom is -0.313 e. The summed E-state index contributed by atoms with van der Waals surface area (Å²) >= 11 is 0. The molecule has 2 rings (SSSR count). The van der Waals surface area contributed by atoms with Crippen molar-refractivity contribution in [3.63, 3.8) is 0 Å². The van der Waals surface area contributed by atoms with E-state index in [2.05, 4.69) is 24.2 Å². The van der Waals surface area contributed by atoms with Gasteiger partial charge >= 0.3 is 0 Å². The van der Waals surface area contributed by atoms with Crippen molar-refractivity contribution in [3.8, 4) is 0 Å². The second-order valence-corrected chi connectivity index (χ2v) is 5.30. The van der Waals surface area contributed by atoms with Crippen LogP contribution >= 0.6 is 0 Å². The smallest absolute Gasteiger partial charge is 0.0197 e. The maximum atomic E-state index is 3.64. The first kappa shape index (κ1) is 10.4. The van der Waals surface area contributed by atoms with Crippen LogP contribution in [-0.2, 0) is 0 Å². The highest BCUT2D eigenvalue weighted by Gasteiger charge is 2.25. The van der Waals surface area contributed by atoms with Gasteiger partial charge in [-0.05, 0) is 45.2 Å². The van der Waals surface area contributed by atoms with Gasteiger partial charge in [-0.25, -0.2) is 0 Å². The molecule has 0 aromatic rings. The molecule has 1 saturated carbocycles. The Balaban J connectivity index is 1.72. The largest absolute Gasteiger partial charge is 0.313 e. The first-order valence-electron chi connectivity index (χ1n) is 6.19. The Morgan fingerprint density at radius 2 is 2.07 bits per heavy atom. The van der Waals surface area contributed by atoms with Crippen molar-refractivity contribution in [2.24, 2.45) is 5.92 Å². The van der Waals surface area contributed by atoms with Crippen LogP contribution in [0.2, 0.25) is 0 Å². The van der Waals surface area contributed by atoms with Crippen LogP contribution in [0.1, 0.15) is 39.0 Å². The molecule has 2 unspecified atom stereocenters.